The molecule has 0 atom stereocenters. The van der Waals surface area contributed by atoms with Gasteiger partial charge >= 0.3 is 48.1 Å². The fourth-order valence-corrected chi connectivity index (χ4v) is 0.428. The Hall–Kier alpha value is 1.09. The van der Waals surface area contributed by atoms with Crippen molar-refractivity contribution in [1.29, 1.82) is 0 Å². The summed E-state index contributed by atoms with van der Waals surface area (Å²) in [6.07, 6.45) is 0. The Morgan fingerprint density at radius 1 is 1.56 bits per heavy atom. The van der Waals surface area contributed by atoms with E-state index >= 15 is 0 Å². The Morgan fingerprint density at radius 2 is 2.00 bits per heavy atom. The Balaban J connectivity index is -0.0000000817. The van der Waals surface area contributed by atoms with Crippen molar-refractivity contribution in [3.05, 3.63) is 0 Å². The van der Waals surface area contributed by atoms with Gasteiger partial charge in [0.1, 0.15) is 0 Å². The summed E-state index contributed by atoms with van der Waals surface area (Å²) in [6.45, 7) is -0.835. The van der Waals surface area contributed by atoms with Crippen LogP contribution in [0.15, 0.2) is 0 Å². The maximum Gasteiger partial charge on any atom is 2.00 e. The van der Waals surface area contributed by atoms with Gasteiger partial charge in [0.05, 0.1) is 13.2 Å². The molecule has 0 aromatic heterocycles. The summed E-state index contributed by atoms with van der Waals surface area (Å²) in [4.78, 5) is 0. The van der Waals surface area contributed by atoms with Crippen molar-refractivity contribution in [2.75, 3.05) is 13.2 Å². The van der Waals surface area contributed by atoms with Crippen LogP contribution in [0.2, 0.25) is 0 Å². The molecule has 0 saturated heterocycles. The third-order valence-corrected chi connectivity index (χ3v) is 0.788. The molecule has 0 fully saturated rings. The zero-order valence-corrected chi connectivity index (χ0v) is 7.67. The predicted octanol–water partition coefficient (Wildman–Crippen LogP) is -1.36. The minimum Gasteiger partial charge on any atom is -1.00 e. The van der Waals surface area contributed by atoms with E-state index in [1.165, 1.54) is 0 Å². The van der Waals surface area contributed by atoms with E-state index in [2.05, 4.69) is 4.18 Å². The first kappa shape index (κ1) is 12.7. The molecule has 0 aliphatic carbocycles. The van der Waals surface area contributed by atoms with Crippen LogP contribution in [0.1, 0.15) is 2.85 Å². The normalized spacial score (nSPS) is 10.4. The fourth-order valence-electron chi connectivity index (χ4n) is 0.143. The summed E-state index contributed by atoms with van der Waals surface area (Å²) in [5.74, 6) is 0. The van der Waals surface area contributed by atoms with Gasteiger partial charge in [0.25, 0.3) is 0 Å². The second kappa shape index (κ2) is 5.84. The third kappa shape index (κ3) is 12.3. The zero-order valence-electron chi connectivity index (χ0n) is 6.65. The van der Waals surface area contributed by atoms with Crippen molar-refractivity contribution in [3.8, 4) is 0 Å². The SMILES string of the molecule is O=S(=O)(O)OCCO.[Ca+2].[H-].[H-]. The topological polar surface area (TPSA) is 83.8 Å². The molecule has 0 aliphatic heterocycles. The maximum absolute atomic E-state index is 9.61. The van der Waals surface area contributed by atoms with Crippen LogP contribution in [-0.2, 0) is 14.6 Å². The molecule has 0 aromatic carbocycles. The molecular formula is C2H8CaO5S. The van der Waals surface area contributed by atoms with E-state index in [4.69, 9.17) is 9.66 Å². The standard InChI is InChI=1S/C2H6O5S.Ca.2H/c3-1-2-7-8(4,5)6;;;/h3H,1-2H2,(H,4,5,6);;;/q;+2;2*-1. The summed E-state index contributed by atoms with van der Waals surface area (Å²) < 4.78 is 30.7. The van der Waals surface area contributed by atoms with E-state index in [9.17, 15) is 8.42 Å². The summed E-state index contributed by atoms with van der Waals surface area (Å²) in [5, 5.41) is 7.93. The van der Waals surface area contributed by atoms with Crippen LogP contribution >= 0.6 is 0 Å². The maximum atomic E-state index is 9.61. The van der Waals surface area contributed by atoms with Gasteiger partial charge in [-0.3, -0.25) is 4.55 Å². The molecule has 2 N–H and O–H groups in total. The molecule has 0 spiro atoms. The molecule has 0 saturated carbocycles. The van der Waals surface area contributed by atoms with E-state index in [-0.39, 0.29) is 40.6 Å². The second-order valence-electron chi connectivity index (χ2n) is 0.973. The molecule has 0 rings (SSSR count). The molecule has 54 valence electrons. The molecule has 0 bridgehead atoms. The van der Waals surface area contributed by atoms with Crippen molar-refractivity contribution in [2.45, 2.75) is 0 Å². The van der Waals surface area contributed by atoms with Crippen molar-refractivity contribution >= 4 is 48.1 Å². The van der Waals surface area contributed by atoms with Crippen LogP contribution in [0.4, 0.5) is 0 Å². The average molecular weight is 184 g/mol. The van der Waals surface area contributed by atoms with Gasteiger partial charge in [-0.25, -0.2) is 4.18 Å². The molecule has 0 aliphatic rings. The molecule has 5 nitrogen and oxygen atoms in total. The first-order chi connectivity index (χ1) is 3.56. The Kier molecular flexibility index (Phi) is 8.27. The van der Waals surface area contributed by atoms with E-state index in [1.807, 2.05) is 0 Å². The first-order valence-corrected chi connectivity index (χ1v) is 3.15. The van der Waals surface area contributed by atoms with Gasteiger partial charge in [-0.1, -0.05) is 0 Å². The van der Waals surface area contributed by atoms with Gasteiger partial charge < -0.3 is 7.96 Å². The molecule has 0 aromatic rings. The monoisotopic (exact) mass is 184 g/mol. The van der Waals surface area contributed by atoms with Crippen molar-refractivity contribution in [2.24, 2.45) is 0 Å². The zero-order chi connectivity index (χ0) is 6.62. The molecule has 0 amide bonds. The van der Waals surface area contributed by atoms with Crippen LogP contribution in [0.5, 0.6) is 0 Å². The summed E-state index contributed by atoms with van der Waals surface area (Å²) in [7, 11) is -4.35. The second-order valence-corrected chi connectivity index (χ2v) is 2.06. The van der Waals surface area contributed by atoms with Crippen LogP contribution in [0.3, 0.4) is 0 Å². The van der Waals surface area contributed by atoms with E-state index in [0.29, 0.717) is 0 Å². The number of hydrogen-bond acceptors (Lipinski definition) is 4. The van der Waals surface area contributed by atoms with Crippen molar-refractivity contribution < 1.29 is 25.1 Å². The molecule has 0 heterocycles. The van der Waals surface area contributed by atoms with Gasteiger partial charge in [0, 0.05) is 0 Å². The molecule has 7 heteroatoms. The summed E-state index contributed by atoms with van der Waals surface area (Å²) >= 11 is 0. The van der Waals surface area contributed by atoms with Gasteiger partial charge in [0.15, 0.2) is 0 Å². The fraction of sp³-hybridized carbons (Fsp3) is 1.00. The predicted molar refractivity (Wildman–Crippen MR) is 32.6 cm³/mol. The quantitative estimate of drug-likeness (QED) is 0.418. The minimum atomic E-state index is -4.35. The van der Waals surface area contributed by atoms with E-state index in [1.54, 1.807) is 0 Å². The number of rotatable bonds is 3. The van der Waals surface area contributed by atoms with Gasteiger partial charge in [-0.05, 0) is 0 Å². The smallest absolute Gasteiger partial charge is 1.00 e. The molecule has 0 unspecified atom stereocenters. The van der Waals surface area contributed by atoms with Gasteiger partial charge in [-0.2, -0.15) is 8.42 Å². The van der Waals surface area contributed by atoms with Crippen molar-refractivity contribution in [1.82, 2.24) is 0 Å². The average Bonchev–Trinajstić information content (AvgIpc) is 1.59. The van der Waals surface area contributed by atoms with Gasteiger partial charge in [0.2, 0.25) is 0 Å². The van der Waals surface area contributed by atoms with E-state index < -0.39 is 23.6 Å². The Labute approximate surface area is 85.9 Å². The Morgan fingerprint density at radius 3 is 2.11 bits per heavy atom. The number of aliphatic hydroxyl groups is 1. The summed E-state index contributed by atoms with van der Waals surface area (Å²) in [5.41, 5.74) is 0. The minimum absolute atomic E-state index is 0. The molecule has 9 heavy (non-hydrogen) atoms. The Bertz CT molecular complexity index is 147. The number of aliphatic hydroxyl groups excluding tert-OH is 1. The largest absolute Gasteiger partial charge is 2.00 e. The van der Waals surface area contributed by atoms with Crippen LogP contribution in [0, 0.1) is 0 Å². The van der Waals surface area contributed by atoms with Crippen molar-refractivity contribution in [3.63, 3.8) is 0 Å². The molecular weight excluding hydrogens is 176 g/mol. The summed E-state index contributed by atoms with van der Waals surface area (Å²) in [6, 6.07) is 0. The van der Waals surface area contributed by atoms with Crippen LogP contribution in [-0.4, -0.2) is 69.0 Å². The molecule has 0 radical (unpaired) electrons. The van der Waals surface area contributed by atoms with Crippen LogP contribution in [0.25, 0.3) is 0 Å². The number of hydrogen-bond donors (Lipinski definition) is 2. The van der Waals surface area contributed by atoms with E-state index in [0.717, 1.165) is 0 Å². The van der Waals surface area contributed by atoms with Gasteiger partial charge in [-0.15, -0.1) is 0 Å². The van der Waals surface area contributed by atoms with Crippen LogP contribution < -0.4 is 0 Å². The third-order valence-electron chi connectivity index (χ3n) is 0.324. The first-order valence-electron chi connectivity index (χ1n) is 1.79.